The fourth-order valence-corrected chi connectivity index (χ4v) is 1.66. The van der Waals surface area contributed by atoms with Crippen molar-refractivity contribution in [2.75, 3.05) is 0 Å². The van der Waals surface area contributed by atoms with Crippen LogP contribution in [0.3, 0.4) is 0 Å². The highest BCUT2D eigenvalue weighted by Crippen LogP contribution is 2.25. The fourth-order valence-electron chi connectivity index (χ4n) is 1.66. The molecule has 2 rings (SSSR count). The lowest BCUT2D eigenvalue weighted by Crippen LogP contribution is -1.91. The first-order valence-electron chi connectivity index (χ1n) is 5.51. The number of rotatable bonds is 3. The Morgan fingerprint density at radius 3 is 2.59 bits per heavy atom. The summed E-state index contributed by atoms with van der Waals surface area (Å²) in [4.78, 5) is 10.7. The summed E-state index contributed by atoms with van der Waals surface area (Å²) in [7, 11) is 0. The largest absolute Gasteiger partial charge is 0.475 e. The number of aromatic carboxylic acids is 1. The maximum absolute atomic E-state index is 10.7. The van der Waals surface area contributed by atoms with Gasteiger partial charge in [0.25, 0.3) is 0 Å². The topological polar surface area (TPSA) is 50.4 Å². The molecule has 0 aliphatic heterocycles. The molecular weight excluding hydrogens is 216 g/mol. The van der Waals surface area contributed by atoms with E-state index in [-0.39, 0.29) is 5.76 Å². The molecule has 0 saturated carbocycles. The summed E-state index contributed by atoms with van der Waals surface area (Å²) in [5, 5.41) is 8.79. The van der Waals surface area contributed by atoms with Crippen LogP contribution in [0.25, 0.3) is 11.3 Å². The van der Waals surface area contributed by atoms with Gasteiger partial charge in [0, 0.05) is 5.56 Å². The SMILES string of the molecule is CC(C)c1cccc(-c2ccc(C(=O)O)o2)c1. The highest BCUT2D eigenvalue weighted by Gasteiger charge is 2.10. The summed E-state index contributed by atoms with van der Waals surface area (Å²) in [6.07, 6.45) is 0. The van der Waals surface area contributed by atoms with Gasteiger partial charge in [0.1, 0.15) is 5.76 Å². The average Bonchev–Trinajstić information content (AvgIpc) is 2.78. The molecule has 17 heavy (non-hydrogen) atoms. The minimum Gasteiger partial charge on any atom is -0.475 e. The zero-order valence-corrected chi connectivity index (χ0v) is 9.81. The number of hydrogen-bond donors (Lipinski definition) is 1. The van der Waals surface area contributed by atoms with Crippen molar-refractivity contribution in [2.45, 2.75) is 19.8 Å². The van der Waals surface area contributed by atoms with Gasteiger partial charge in [-0.05, 0) is 29.7 Å². The van der Waals surface area contributed by atoms with Crippen LogP contribution in [-0.2, 0) is 0 Å². The van der Waals surface area contributed by atoms with Crippen molar-refractivity contribution in [1.82, 2.24) is 0 Å². The zero-order chi connectivity index (χ0) is 12.4. The molecule has 2 aromatic rings. The molecule has 88 valence electrons. The summed E-state index contributed by atoms with van der Waals surface area (Å²) < 4.78 is 5.27. The average molecular weight is 230 g/mol. The lowest BCUT2D eigenvalue weighted by Gasteiger charge is -2.06. The predicted octanol–water partition coefficient (Wildman–Crippen LogP) is 3.77. The number of furan rings is 1. The van der Waals surface area contributed by atoms with E-state index in [9.17, 15) is 4.79 Å². The highest BCUT2D eigenvalue weighted by atomic mass is 16.4. The number of carbonyl (C=O) groups is 1. The maximum atomic E-state index is 10.7. The second-order valence-corrected chi connectivity index (χ2v) is 4.25. The molecule has 1 heterocycles. The first kappa shape index (κ1) is 11.5. The van der Waals surface area contributed by atoms with Crippen LogP contribution in [0.4, 0.5) is 0 Å². The molecule has 1 aromatic carbocycles. The van der Waals surface area contributed by atoms with Crippen LogP contribution in [-0.4, -0.2) is 11.1 Å². The Bertz CT molecular complexity index is 538. The third-order valence-electron chi connectivity index (χ3n) is 2.65. The van der Waals surface area contributed by atoms with Crippen molar-refractivity contribution in [1.29, 1.82) is 0 Å². The van der Waals surface area contributed by atoms with Crippen molar-refractivity contribution < 1.29 is 14.3 Å². The van der Waals surface area contributed by atoms with Gasteiger partial charge < -0.3 is 9.52 Å². The molecule has 0 fully saturated rings. The lowest BCUT2D eigenvalue weighted by atomic mass is 10.0. The van der Waals surface area contributed by atoms with Gasteiger partial charge >= 0.3 is 5.97 Å². The molecule has 0 radical (unpaired) electrons. The van der Waals surface area contributed by atoms with Crippen molar-refractivity contribution in [3.63, 3.8) is 0 Å². The van der Waals surface area contributed by atoms with Gasteiger partial charge in [0.05, 0.1) is 0 Å². The molecular formula is C14H14O3. The Morgan fingerprint density at radius 1 is 1.24 bits per heavy atom. The van der Waals surface area contributed by atoms with E-state index in [1.165, 1.54) is 11.6 Å². The zero-order valence-electron chi connectivity index (χ0n) is 9.81. The molecule has 0 aliphatic rings. The van der Waals surface area contributed by atoms with Crippen molar-refractivity contribution in [3.05, 3.63) is 47.7 Å². The van der Waals surface area contributed by atoms with Gasteiger partial charge in [-0.25, -0.2) is 4.79 Å². The normalized spacial score (nSPS) is 10.8. The Hall–Kier alpha value is -2.03. The fraction of sp³-hybridized carbons (Fsp3) is 0.214. The van der Waals surface area contributed by atoms with Crippen LogP contribution in [0.15, 0.2) is 40.8 Å². The van der Waals surface area contributed by atoms with E-state index in [1.807, 2.05) is 18.2 Å². The first-order chi connectivity index (χ1) is 8.08. The molecule has 3 nitrogen and oxygen atoms in total. The van der Waals surface area contributed by atoms with Gasteiger partial charge in [-0.15, -0.1) is 0 Å². The molecule has 0 unspecified atom stereocenters. The van der Waals surface area contributed by atoms with Gasteiger partial charge in [-0.3, -0.25) is 0 Å². The van der Waals surface area contributed by atoms with E-state index in [4.69, 9.17) is 9.52 Å². The van der Waals surface area contributed by atoms with E-state index < -0.39 is 5.97 Å². The molecule has 0 amide bonds. The van der Waals surface area contributed by atoms with Crippen molar-refractivity contribution in [2.24, 2.45) is 0 Å². The molecule has 0 saturated heterocycles. The van der Waals surface area contributed by atoms with Gasteiger partial charge in [-0.1, -0.05) is 32.0 Å². The monoisotopic (exact) mass is 230 g/mol. The van der Waals surface area contributed by atoms with Gasteiger partial charge in [0.15, 0.2) is 0 Å². The summed E-state index contributed by atoms with van der Waals surface area (Å²) in [5.74, 6) is -0.0556. The van der Waals surface area contributed by atoms with Crippen LogP contribution in [0, 0.1) is 0 Å². The molecule has 3 heteroatoms. The van der Waals surface area contributed by atoms with E-state index in [0.717, 1.165) is 5.56 Å². The lowest BCUT2D eigenvalue weighted by molar-refractivity contribution is 0.0663. The Morgan fingerprint density at radius 2 is 2.00 bits per heavy atom. The van der Waals surface area contributed by atoms with Gasteiger partial charge in [0.2, 0.25) is 5.76 Å². The van der Waals surface area contributed by atoms with Gasteiger partial charge in [-0.2, -0.15) is 0 Å². The van der Waals surface area contributed by atoms with Crippen molar-refractivity contribution in [3.8, 4) is 11.3 Å². The van der Waals surface area contributed by atoms with E-state index in [0.29, 0.717) is 11.7 Å². The minimum absolute atomic E-state index is 0.0325. The van der Waals surface area contributed by atoms with E-state index in [1.54, 1.807) is 6.07 Å². The Balaban J connectivity index is 2.38. The van der Waals surface area contributed by atoms with Crippen LogP contribution in [0.5, 0.6) is 0 Å². The number of hydrogen-bond acceptors (Lipinski definition) is 2. The number of carboxylic acid groups (broad SMARTS) is 1. The van der Waals surface area contributed by atoms with E-state index in [2.05, 4.69) is 19.9 Å². The molecule has 0 spiro atoms. The van der Waals surface area contributed by atoms with Crippen LogP contribution in [0.1, 0.15) is 35.9 Å². The van der Waals surface area contributed by atoms with E-state index >= 15 is 0 Å². The molecule has 0 aliphatic carbocycles. The van der Waals surface area contributed by atoms with Crippen LogP contribution >= 0.6 is 0 Å². The molecule has 1 aromatic heterocycles. The smallest absolute Gasteiger partial charge is 0.371 e. The quantitative estimate of drug-likeness (QED) is 0.873. The summed E-state index contributed by atoms with van der Waals surface area (Å²) >= 11 is 0. The minimum atomic E-state index is -1.05. The molecule has 0 atom stereocenters. The second-order valence-electron chi connectivity index (χ2n) is 4.25. The van der Waals surface area contributed by atoms with Crippen LogP contribution < -0.4 is 0 Å². The summed E-state index contributed by atoms with van der Waals surface area (Å²) in [6.45, 7) is 4.23. The summed E-state index contributed by atoms with van der Waals surface area (Å²) in [5.41, 5.74) is 2.11. The maximum Gasteiger partial charge on any atom is 0.371 e. The Labute approximate surface area is 99.7 Å². The summed E-state index contributed by atoms with van der Waals surface area (Å²) in [6, 6.07) is 11.1. The predicted molar refractivity (Wildman–Crippen MR) is 65.2 cm³/mol. The molecule has 1 N–H and O–H groups in total. The van der Waals surface area contributed by atoms with Crippen LogP contribution in [0.2, 0.25) is 0 Å². The first-order valence-corrected chi connectivity index (χ1v) is 5.51. The standard InChI is InChI=1S/C14H14O3/c1-9(2)10-4-3-5-11(8-10)12-6-7-13(17-12)14(15)16/h3-9H,1-2H3,(H,15,16). The third kappa shape index (κ3) is 2.38. The third-order valence-corrected chi connectivity index (χ3v) is 2.65. The highest BCUT2D eigenvalue weighted by molar-refractivity contribution is 5.85. The second kappa shape index (κ2) is 4.45. The van der Waals surface area contributed by atoms with Crippen molar-refractivity contribution >= 4 is 5.97 Å². The number of benzene rings is 1. The number of carboxylic acids is 1. The molecule has 0 bridgehead atoms. The Kier molecular flexibility index (Phi) is 3.00.